The van der Waals surface area contributed by atoms with Crippen molar-refractivity contribution in [1.82, 2.24) is 10.3 Å². The van der Waals surface area contributed by atoms with E-state index in [0.717, 1.165) is 5.56 Å². The molecule has 2 rings (SSSR count). The lowest BCUT2D eigenvalue weighted by Crippen LogP contribution is -2.26. The molecule has 1 aliphatic rings. The quantitative estimate of drug-likeness (QED) is 0.891. The number of pyridine rings is 1. The predicted molar refractivity (Wildman–Crippen MR) is 70.7 cm³/mol. The van der Waals surface area contributed by atoms with E-state index in [1.807, 2.05) is 23.9 Å². The first-order chi connectivity index (χ1) is 8.34. The van der Waals surface area contributed by atoms with Crippen LogP contribution in [0.1, 0.15) is 24.8 Å². The molecular weight excluding hydrogens is 232 g/mol. The van der Waals surface area contributed by atoms with Crippen LogP contribution in [0.25, 0.3) is 0 Å². The Bertz CT molecular complexity index is 350. The smallest absolute Gasteiger partial charge is 0.220 e. The Balaban J connectivity index is 1.70. The zero-order valence-corrected chi connectivity index (χ0v) is 10.7. The van der Waals surface area contributed by atoms with Gasteiger partial charge in [0.05, 0.1) is 0 Å². The van der Waals surface area contributed by atoms with Crippen molar-refractivity contribution >= 4 is 17.7 Å². The van der Waals surface area contributed by atoms with Crippen molar-refractivity contribution < 1.29 is 4.79 Å². The molecule has 0 unspecified atom stereocenters. The first-order valence-electron chi connectivity index (χ1n) is 6.08. The molecule has 1 fully saturated rings. The fourth-order valence-electron chi connectivity index (χ4n) is 1.99. The molecule has 17 heavy (non-hydrogen) atoms. The molecule has 3 nitrogen and oxygen atoms in total. The molecule has 1 saturated heterocycles. The van der Waals surface area contributed by atoms with E-state index in [0.29, 0.717) is 18.9 Å². The lowest BCUT2D eigenvalue weighted by atomic mass is 9.98. The van der Waals surface area contributed by atoms with Crippen molar-refractivity contribution in [2.75, 3.05) is 11.5 Å². The second-order valence-electron chi connectivity index (χ2n) is 4.39. The number of amides is 1. The Morgan fingerprint density at radius 3 is 2.76 bits per heavy atom. The van der Waals surface area contributed by atoms with Crippen LogP contribution in [0.3, 0.4) is 0 Å². The third-order valence-corrected chi connectivity index (χ3v) is 4.10. The molecular formula is C13H18N2OS. The second-order valence-corrected chi connectivity index (χ2v) is 5.62. The Kier molecular flexibility index (Phi) is 4.86. The van der Waals surface area contributed by atoms with Gasteiger partial charge in [0.15, 0.2) is 0 Å². The maximum absolute atomic E-state index is 11.8. The average molecular weight is 250 g/mol. The van der Waals surface area contributed by atoms with E-state index in [4.69, 9.17) is 0 Å². The van der Waals surface area contributed by atoms with Gasteiger partial charge in [-0.25, -0.2) is 0 Å². The minimum absolute atomic E-state index is 0.179. The molecule has 1 N–H and O–H groups in total. The number of aromatic nitrogens is 1. The van der Waals surface area contributed by atoms with Crippen molar-refractivity contribution in [1.29, 1.82) is 0 Å². The van der Waals surface area contributed by atoms with Gasteiger partial charge in [0, 0.05) is 25.4 Å². The van der Waals surface area contributed by atoms with Crippen molar-refractivity contribution in [3.8, 4) is 0 Å². The highest BCUT2D eigenvalue weighted by Crippen LogP contribution is 2.25. The summed E-state index contributed by atoms with van der Waals surface area (Å²) in [7, 11) is 0. The van der Waals surface area contributed by atoms with Crippen molar-refractivity contribution in [2.24, 2.45) is 5.92 Å². The molecule has 1 aromatic rings. The zero-order valence-electron chi connectivity index (χ0n) is 9.89. The molecule has 2 heterocycles. The van der Waals surface area contributed by atoms with E-state index >= 15 is 0 Å². The third kappa shape index (κ3) is 4.38. The van der Waals surface area contributed by atoms with Gasteiger partial charge in [-0.2, -0.15) is 11.8 Å². The number of nitrogens with zero attached hydrogens (tertiary/aromatic N) is 1. The monoisotopic (exact) mass is 250 g/mol. The van der Waals surface area contributed by atoms with E-state index in [1.165, 1.54) is 24.3 Å². The minimum Gasteiger partial charge on any atom is -0.352 e. The normalized spacial score (nSPS) is 16.7. The highest BCUT2D eigenvalue weighted by atomic mass is 32.2. The largest absolute Gasteiger partial charge is 0.352 e. The van der Waals surface area contributed by atoms with Gasteiger partial charge in [-0.3, -0.25) is 9.78 Å². The van der Waals surface area contributed by atoms with Gasteiger partial charge in [0.25, 0.3) is 0 Å². The van der Waals surface area contributed by atoms with Crippen LogP contribution in [0.4, 0.5) is 0 Å². The SMILES string of the molecule is O=C(CC1CCSCC1)NCc1ccncc1. The summed E-state index contributed by atoms with van der Waals surface area (Å²) in [6.45, 7) is 0.614. The molecule has 1 aromatic heterocycles. The highest BCUT2D eigenvalue weighted by molar-refractivity contribution is 7.99. The molecule has 1 aliphatic heterocycles. The Morgan fingerprint density at radius 2 is 2.06 bits per heavy atom. The average Bonchev–Trinajstić information content (AvgIpc) is 2.39. The van der Waals surface area contributed by atoms with Gasteiger partial charge in [0.1, 0.15) is 0 Å². The molecule has 0 radical (unpaired) electrons. The topological polar surface area (TPSA) is 42.0 Å². The number of thioether (sulfide) groups is 1. The fraction of sp³-hybridized carbons (Fsp3) is 0.538. The van der Waals surface area contributed by atoms with E-state index in [9.17, 15) is 4.79 Å². The Hall–Kier alpha value is -1.03. The molecule has 4 heteroatoms. The maximum atomic E-state index is 11.8. The standard InChI is InChI=1S/C13H18N2OS/c16-13(9-11-3-7-17-8-4-11)15-10-12-1-5-14-6-2-12/h1-2,5-6,11H,3-4,7-10H2,(H,15,16). The summed E-state index contributed by atoms with van der Waals surface area (Å²) >= 11 is 2.00. The summed E-state index contributed by atoms with van der Waals surface area (Å²) in [5.41, 5.74) is 1.10. The van der Waals surface area contributed by atoms with Gasteiger partial charge in [-0.15, -0.1) is 0 Å². The van der Waals surface area contributed by atoms with E-state index in [1.54, 1.807) is 12.4 Å². The van der Waals surface area contributed by atoms with Gasteiger partial charge < -0.3 is 5.32 Å². The van der Waals surface area contributed by atoms with Crippen LogP contribution < -0.4 is 5.32 Å². The molecule has 0 aromatic carbocycles. The summed E-state index contributed by atoms with van der Waals surface area (Å²) in [5.74, 6) is 3.19. The molecule has 0 saturated carbocycles. The summed E-state index contributed by atoms with van der Waals surface area (Å²) in [4.78, 5) is 15.7. The third-order valence-electron chi connectivity index (χ3n) is 3.05. The van der Waals surface area contributed by atoms with Gasteiger partial charge in [0.2, 0.25) is 5.91 Å². The maximum Gasteiger partial charge on any atom is 0.220 e. The van der Waals surface area contributed by atoms with E-state index in [2.05, 4.69) is 10.3 Å². The van der Waals surface area contributed by atoms with Crippen LogP contribution in [0, 0.1) is 5.92 Å². The lowest BCUT2D eigenvalue weighted by molar-refractivity contribution is -0.122. The number of nitrogens with one attached hydrogen (secondary N) is 1. The van der Waals surface area contributed by atoms with Crippen LogP contribution in [0.15, 0.2) is 24.5 Å². The molecule has 0 aliphatic carbocycles. The lowest BCUT2D eigenvalue weighted by Gasteiger charge is -2.20. The van der Waals surface area contributed by atoms with Crippen LogP contribution in [0.5, 0.6) is 0 Å². The first kappa shape index (κ1) is 12.4. The van der Waals surface area contributed by atoms with Crippen molar-refractivity contribution in [3.05, 3.63) is 30.1 Å². The molecule has 92 valence electrons. The van der Waals surface area contributed by atoms with Crippen LogP contribution in [0.2, 0.25) is 0 Å². The van der Waals surface area contributed by atoms with Gasteiger partial charge in [-0.1, -0.05) is 0 Å². The van der Waals surface area contributed by atoms with Gasteiger partial charge in [-0.05, 0) is 48.0 Å². The van der Waals surface area contributed by atoms with Crippen LogP contribution in [-0.4, -0.2) is 22.4 Å². The number of hydrogen-bond acceptors (Lipinski definition) is 3. The van der Waals surface area contributed by atoms with Crippen molar-refractivity contribution in [3.63, 3.8) is 0 Å². The predicted octanol–water partition coefficient (Wildman–Crippen LogP) is 2.23. The molecule has 0 spiro atoms. The fourth-order valence-corrected chi connectivity index (χ4v) is 3.19. The van der Waals surface area contributed by atoms with Crippen LogP contribution >= 0.6 is 11.8 Å². The minimum atomic E-state index is 0.179. The molecule has 0 bridgehead atoms. The summed E-state index contributed by atoms with van der Waals surface area (Å²) in [5, 5.41) is 2.97. The van der Waals surface area contributed by atoms with E-state index < -0.39 is 0 Å². The number of rotatable bonds is 4. The van der Waals surface area contributed by atoms with Crippen molar-refractivity contribution in [2.45, 2.75) is 25.8 Å². The highest BCUT2D eigenvalue weighted by Gasteiger charge is 2.16. The second kappa shape index (κ2) is 6.64. The Morgan fingerprint density at radius 1 is 1.35 bits per heavy atom. The number of carbonyl (C=O) groups is 1. The number of hydrogen-bond donors (Lipinski definition) is 1. The molecule has 0 atom stereocenters. The van der Waals surface area contributed by atoms with Crippen LogP contribution in [-0.2, 0) is 11.3 Å². The summed E-state index contributed by atoms with van der Waals surface area (Å²) in [6, 6.07) is 3.86. The van der Waals surface area contributed by atoms with Gasteiger partial charge >= 0.3 is 0 Å². The molecule has 1 amide bonds. The summed E-state index contributed by atoms with van der Waals surface area (Å²) < 4.78 is 0. The number of carbonyl (C=O) groups excluding carboxylic acids is 1. The summed E-state index contributed by atoms with van der Waals surface area (Å²) in [6.07, 6.45) is 6.56. The van der Waals surface area contributed by atoms with E-state index in [-0.39, 0.29) is 5.91 Å². The Labute approximate surface area is 106 Å². The first-order valence-corrected chi connectivity index (χ1v) is 7.23. The zero-order chi connectivity index (χ0) is 11.9.